The lowest BCUT2D eigenvalue weighted by atomic mass is 10.2. The zero-order valence-electron chi connectivity index (χ0n) is 10.3. The summed E-state index contributed by atoms with van der Waals surface area (Å²) in [5, 5.41) is 7.31. The summed E-state index contributed by atoms with van der Waals surface area (Å²) in [4.78, 5) is 5.70. The second-order valence-electron chi connectivity index (χ2n) is 4.70. The normalized spacial score (nSPS) is 15.2. The number of nitrogens with zero attached hydrogens (tertiary/aromatic N) is 3. The molecule has 6 heteroatoms. The van der Waals surface area contributed by atoms with Crippen LogP contribution in [0.1, 0.15) is 44.2 Å². The molecule has 2 heterocycles. The van der Waals surface area contributed by atoms with Gasteiger partial charge in [0.15, 0.2) is 10.6 Å². The highest BCUT2D eigenvalue weighted by Gasteiger charge is 2.30. The molecule has 3 rings (SSSR count). The third-order valence-electron chi connectivity index (χ3n) is 3.26. The maximum Gasteiger partial charge on any atom is 0.195 e. The lowest BCUT2D eigenvalue weighted by molar-refractivity contribution is 0.629. The Morgan fingerprint density at radius 1 is 1.56 bits per heavy atom. The van der Waals surface area contributed by atoms with Crippen molar-refractivity contribution in [2.24, 2.45) is 0 Å². The molecule has 18 heavy (non-hydrogen) atoms. The van der Waals surface area contributed by atoms with E-state index in [9.17, 15) is 0 Å². The molecule has 1 N–H and O–H groups in total. The van der Waals surface area contributed by atoms with Crippen molar-refractivity contribution < 1.29 is 0 Å². The summed E-state index contributed by atoms with van der Waals surface area (Å²) in [5.74, 6) is 1.62. The highest BCUT2D eigenvalue weighted by atomic mass is 32.1. The largest absolute Gasteiger partial charge is 0.299 e. The van der Waals surface area contributed by atoms with Crippen LogP contribution < -0.4 is 0 Å². The number of aromatic nitrogens is 4. The van der Waals surface area contributed by atoms with E-state index in [0.717, 1.165) is 25.2 Å². The van der Waals surface area contributed by atoms with E-state index in [4.69, 9.17) is 12.2 Å². The van der Waals surface area contributed by atoms with Gasteiger partial charge in [0.2, 0.25) is 0 Å². The average molecular weight is 280 g/mol. The quantitative estimate of drug-likeness (QED) is 0.849. The van der Waals surface area contributed by atoms with Crippen molar-refractivity contribution in [1.82, 2.24) is 19.7 Å². The summed E-state index contributed by atoms with van der Waals surface area (Å²) in [5.41, 5.74) is 3.14. The fourth-order valence-corrected chi connectivity index (χ4v) is 3.18. The molecule has 0 aliphatic heterocycles. The van der Waals surface area contributed by atoms with Crippen molar-refractivity contribution in [1.29, 1.82) is 0 Å². The van der Waals surface area contributed by atoms with Crippen molar-refractivity contribution in [3.05, 3.63) is 16.0 Å². The van der Waals surface area contributed by atoms with Crippen LogP contribution in [-0.4, -0.2) is 19.7 Å². The average Bonchev–Trinajstić information content (AvgIpc) is 2.99. The van der Waals surface area contributed by atoms with Gasteiger partial charge in [0.1, 0.15) is 0 Å². The van der Waals surface area contributed by atoms with E-state index >= 15 is 0 Å². The Hall–Kier alpha value is -1.01. The van der Waals surface area contributed by atoms with E-state index < -0.39 is 0 Å². The van der Waals surface area contributed by atoms with Crippen LogP contribution in [0.3, 0.4) is 0 Å². The molecule has 0 aromatic carbocycles. The third-order valence-corrected chi connectivity index (χ3v) is 4.41. The van der Waals surface area contributed by atoms with Gasteiger partial charge in [-0.1, -0.05) is 13.3 Å². The molecule has 2 aromatic heterocycles. The van der Waals surface area contributed by atoms with Crippen LogP contribution >= 0.6 is 23.6 Å². The van der Waals surface area contributed by atoms with E-state index in [1.54, 1.807) is 11.3 Å². The molecule has 1 fully saturated rings. The molecule has 0 spiro atoms. The van der Waals surface area contributed by atoms with Crippen molar-refractivity contribution in [3.63, 3.8) is 0 Å². The summed E-state index contributed by atoms with van der Waals surface area (Å²) >= 11 is 6.99. The fourth-order valence-electron chi connectivity index (χ4n) is 2.08. The molecule has 96 valence electrons. The van der Waals surface area contributed by atoms with Crippen LogP contribution in [-0.2, 0) is 6.54 Å². The van der Waals surface area contributed by atoms with Crippen LogP contribution in [0.4, 0.5) is 0 Å². The maximum absolute atomic E-state index is 5.31. The van der Waals surface area contributed by atoms with Gasteiger partial charge in [0.25, 0.3) is 0 Å². The van der Waals surface area contributed by atoms with Gasteiger partial charge in [0.05, 0.1) is 16.1 Å². The minimum absolute atomic E-state index is 0.649. The molecule has 0 atom stereocenters. The molecule has 1 saturated carbocycles. The first kappa shape index (κ1) is 12.0. The van der Waals surface area contributed by atoms with Gasteiger partial charge in [-0.05, 0) is 31.5 Å². The monoisotopic (exact) mass is 280 g/mol. The van der Waals surface area contributed by atoms with E-state index in [1.807, 2.05) is 5.51 Å². The minimum atomic E-state index is 0.649. The molecule has 2 aromatic rings. The topological polar surface area (TPSA) is 46.5 Å². The van der Waals surface area contributed by atoms with Gasteiger partial charge >= 0.3 is 0 Å². The minimum Gasteiger partial charge on any atom is -0.299 e. The lowest BCUT2D eigenvalue weighted by Gasteiger charge is -2.05. The molecule has 0 saturated heterocycles. The lowest BCUT2D eigenvalue weighted by Crippen LogP contribution is -2.01. The summed E-state index contributed by atoms with van der Waals surface area (Å²) in [6, 6.07) is 0. The number of H-pyrrole nitrogens is 1. The van der Waals surface area contributed by atoms with Crippen LogP contribution in [0.25, 0.3) is 10.7 Å². The van der Waals surface area contributed by atoms with E-state index in [1.165, 1.54) is 23.4 Å². The summed E-state index contributed by atoms with van der Waals surface area (Å²) in [6.45, 7) is 3.12. The molecule has 0 bridgehead atoms. The molecular formula is C12H16N4S2. The van der Waals surface area contributed by atoms with Crippen LogP contribution in [0.15, 0.2) is 5.51 Å². The highest BCUT2D eigenvalue weighted by molar-refractivity contribution is 7.71. The first-order chi connectivity index (χ1) is 8.81. The Morgan fingerprint density at radius 2 is 2.39 bits per heavy atom. The molecule has 4 nitrogen and oxygen atoms in total. The van der Waals surface area contributed by atoms with Gasteiger partial charge in [-0.15, -0.1) is 11.3 Å². The van der Waals surface area contributed by atoms with E-state index in [2.05, 4.69) is 26.7 Å². The van der Waals surface area contributed by atoms with Gasteiger partial charge in [-0.25, -0.2) is 4.98 Å². The Labute approximate surface area is 115 Å². The van der Waals surface area contributed by atoms with Crippen LogP contribution in [0.5, 0.6) is 0 Å². The van der Waals surface area contributed by atoms with Gasteiger partial charge in [0, 0.05) is 12.5 Å². The predicted molar refractivity (Wildman–Crippen MR) is 75.4 cm³/mol. The zero-order valence-corrected chi connectivity index (χ0v) is 12.0. The second kappa shape index (κ2) is 4.93. The molecule has 0 amide bonds. The molecule has 1 aliphatic rings. The van der Waals surface area contributed by atoms with Crippen molar-refractivity contribution in [2.45, 2.75) is 45.1 Å². The summed E-state index contributed by atoms with van der Waals surface area (Å²) < 4.78 is 2.83. The first-order valence-electron chi connectivity index (χ1n) is 6.40. The van der Waals surface area contributed by atoms with Crippen LogP contribution in [0.2, 0.25) is 0 Å². The third kappa shape index (κ3) is 2.14. The number of hydrogen-bond donors (Lipinski definition) is 1. The predicted octanol–water partition coefficient (Wildman–Crippen LogP) is 3.74. The highest BCUT2D eigenvalue weighted by Crippen LogP contribution is 2.44. The maximum atomic E-state index is 5.31. The first-order valence-corrected chi connectivity index (χ1v) is 7.69. The fraction of sp³-hybridized carbons (Fsp3) is 0.583. The smallest absolute Gasteiger partial charge is 0.195 e. The Kier molecular flexibility index (Phi) is 3.30. The Bertz CT molecular complexity index is 591. The number of nitrogens with one attached hydrogen (secondary N) is 1. The summed E-state index contributed by atoms with van der Waals surface area (Å²) in [7, 11) is 0. The van der Waals surface area contributed by atoms with Crippen LogP contribution in [0, 0.1) is 4.77 Å². The molecular weight excluding hydrogens is 264 g/mol. The van der Waals surface area contributed by atoms with Crippen molar-refractivity contribution in [2.75, 3.05) is 0 Å². The number of unbranched alkanes of at least 4 members (excludes halogenated alkanes) is 1. The SMILES string of the molecule is CCCCn1c(-c2scnc2C2CC2)n[nH]c1=S. The summed E-state index contributed by atoms with van der Waals surface area (Å²) in [6.07, 6.45) is 4.80. The Morgan fingerprint density at radius 3 is 3.11 bits per heavy atom. The van der Waals surface area contributed by atoms with E-state index in [0.29, 0.717) is 10.7 Å². The molecule has 1 aliphatic carbocycles. The van der Waals surface area contributed by atoms with Gasteiger partial charge in [-0.3, -0.25) is 9.67 Å². The number of rotatable bonds is 5. The number of thiazole rings is 1. The standard InChI is InChI=1S/C12H16N4S2/c1-2-3-6-16-11(14-15-12(16)17)10-9(8-4-5-8)13-7-18-10/h7-8H,2-6H2,1H3,(H,15,17). The molecule has 0 unspecified atom stereocenters. The second-order valence-corrected chi connectivity index (χ2v) is 5.94. The number of aromatic amines is 1. The zero-order chi connectivity index (χ0) is 12.5. The van der Waals surface area contributed by atoms with Gasteiger partial charge < -0.3 is 0 Å². The van der Waals surface area contributed by atoms with Gasteiger partial charge in [-0.2, -0.15) is 5.10 Å². The Balaban J connectivity index is 2.00. The van der Waals surface area contributed by atoms with Crippen molar-refractivity contribution in [3.8, 4) is 10.7 Å². The van der Waals surface area contributed by atoms with E-state index in [-0.39, 0.29) is 0 Å². The molecule has 0 radical (unpaired) electrons. The van der Waals surface area contributed by atoms with Crippen molar-refractivity contribution >= 4 is 23.6 Å². The number of hydrogen-bond acceptors (Lipinski definition) is 4.